The summed E-state index contributed by atoms with van der Waals surface area (Å²) in [5.74, 6) is 0.885. The normalized spacial score (nSPS) is 15.4. The van der Waals surface area contributed by atoms with Gasteiger partial charge in [-0.3, -0.25) is 0 Å². The van der Waals surface area contributed by atoms with E-state index in [1.807, 2.05) is 18.5 Å². The first-order valence-electron chi connectivity index (χ1n) is 6.16. The average molecular weight is 293 g/mol. The molecule has 2 rings (SSSR count). The highest BCUT2D eigenvalue weighted by Crippen LogP contribution is 2.17. The van der Waals surface area contributed by atoms with Gasteiger partial charge in [0.05, 0.1) is 0 Å². The number of rotatable bonds is 4. The Balaban J connectivity index is 0.00000144. The lowest BCUT2D eigenvalue weighted by Crippen LogP contribution is -2.44. The molecule has 4 nitrogen and oxygen atoms in total. The van der Waals surface area contributed by atoms with Crippen molar-refractivity contribution in [1.29, 1.82) is 0 Å². The van der Waals surface area contributed by atoms with E-state index >= 15 is 0 Å². The summed E-state index contributed by atoms with van der Waals surface area (Å²) in [5.41, 5.74) is 0. The van der Waals surface area contributed by atoms with E-state index in [2.05, 4.69) is 27.1 Å². The predicted molar refractivity (Wildman–Crippen MR) is 80.1 cm³/mol. The van der Waals surface area contributed by atoms with Crippen LogP contribution in [0.1, 0.15) is 26.2 Å². The zero-order valence-corrected chi connectivity index (χ0v) is 12.3. The van der Waals surface area contributed by atoms with Crippen LogP contribution < -0.4 is 10.2 Å². The van der Waals surface area contributed by atoms with Gasteiger partial charge >= 0.3 is 0 Å². The Morgan fingerprint density at radius 2 is 1.83 bits per heavy atom. The summed E-state index contributed by atoms with van der Waals surface area (Å²) in [5, 5.41) is 3.40. The third kappa shape index (κ3) is 4.59. The van der Waals surface area contributed by atoms with Crippen LogP contribution in [0.4, 0.5) is 5.95 Å². The van der Waals surface area contributed by atoms with Crippen LogP contribution in [-0.2, 0) is 0 Å². The lowest BCUT2D eigenvalue weighted by atomic mass is 10.1. The highest BCUT2D eigenvalue weighted by Gasteiger charge is 2.21. The molecule has 1 aliphatic heterocycles. The van der Waals surface area contributed by atoms with E-state index in [-0.39, 0.29) is 24.8 Å². The van der Waals surface area contributed by atoms with E-state index in [0.29, 0.717) is 6.04 Å². The average Bonchev–Trinajstić information content (AvgIpc) is 2.38. The minimum absolute atomic E-state index is 0. The summed E-state index contributed by atoms with van der Waals surface area (Å²) >= 11 is 0. The zero-order chi connectivity index (χ0) is 11.2. The second-order valence-corrected chi connectivity index (χ2v) is 4.22. The van der Waals surface area contributed by atoms with Gasteiger partial charge in [0.15, 0.2) is 0 Å². The minimum Gasteiger partial charge on any atom is -0.338 e. The minimum atomic E-state index is 0. The zero-order valence-electron chi connectivity index (χ0n) is 10.7. The molecule has 1 fully saturated rings. The van der Waals surface area contributed by atoms with E-state index in [4.69, 9.17) is 0 Å². The Bertz CT molecular complexity index is 304. The largest absolute Gasteiger partial charge is 0.338 e. The molecule has 0 aromatic carbocycles. The number of nitrogens with one attached hydrogen (secondary N) is 1. The van der Waals surface area contributed by atoms with Crippen LogP contribution in [0.5, 0.6) is 0 Å². The molecule has 1 aliphatic rings. The van der Waals surface area contributed by atoms with E-state index < -0.39 is 0 Å². The van der Waals surface area contributed by atoms with Crippen molar-refractivity contribution < 1.29 is 0 Å². The topological polar surface area (TPSA) is 41.1 Å². The molecule has 1 aromatic heterocycles. The summed E-state index contributed by atoms with van der Waals surface area (Å²) in [7, 11) is 0. The first-order chi connectivity index (χ1) is 7.92. The Labute approximate surface area is 121 Å². The van der Waals surface area contributed by atoms with Crippen molar-refractivity contribution in [3.63, 3.8) is 0 Å². The van der Waals surface area contributed by atoms with Crippen LogP contribution in [-0.4, -0.2) is 35.6 Å². The van der Waals surface area contributed by atoms with Gasteiger partial charge in [0, 0.05) is 25.0 Å². The van der Waals surface area contributed by atoms with Crippen molar-refractivity contribution in [3.8, 4) is 0 Å². The number of hydrogen-bond donors (Lipinski definition) is 1. The molecule has 0 unspecified atom stereocenters. The molecule has 6 heteroatoms. The highest BCUT2D eigenvalue weighted by atomic mass is 35.5. The van der Waals surface area contributed by atoms with Crippen molar-refractivity contribution in [3.05, 3.63) is 18.5 Å². The first-order valence-corrected chi connectivity index (χ1v) is 6.16. The van der Waals surface area contributed by atoms with Gasteiger partial charge in [-0.25, -0.2) is 9.97 Å². The van der Waals surface area contributed by atoms with E-state index in [1.54, 1.807) is 0 Å². The maximum absolute atomic E-state index is 4.37. The van der Waals surface area contributed by atoms with Crippen molar-refractivity contribution >= 4 is 30.8 Å². The van der Waals surface area contributed by atoms with Crippen LogP contribution in [0.3, 0.4) is 0 Å². The number of piperidine rings is 1. The molecule has 0 bridgehead atoms. The molecule has 1 N–H and O–H groups in total. The van der Waals surface area contributed by atoms with Crippen molar-refractivity contribution in [2.75, 3.05) is 24.5 Å². The van der Waals surface area contributed by atoms with E-state index in [9.17, 15) is 0 Å². The lowest BCUT2D eigenvalue weighted by Gasteiger charge is -2.34. The molecule has 0 saturated carbocycles. The fourth-order valence-corrected chi connectivity index (χ4v) is 2.24. The van der Waals surface area contributed by atoms with Crippen LogP contribution in [0.25, 0.3) is 0 Å². The fourth-order valence-electron chi connectivity index (χ4n) is 2.24. The second-order valence-electron chi connectivity index (χ2n) is 4.22. The Morgan fingerprint density at radius 3 is 2.39 bits per heavy atom. The van der Waals surface area contributed by atoms with Crippen molar-refractivity contribution in [2.24, 2.45) is 0 Å². The summed E-state index contributed by atoms with van der Waals surface area (Å²) in [6.45, 7) is 5.47. The Kier molecular flexibility index (Phi) is 9.06. The maximum atomic E-state index is 4.37. The van der Waals surface area contributed by atoms with Crippen LogP contribution in [0, 0.1) is 0 Å². The molecule has 0 aliphatic carbocycles. The molecule has 0 spiro atoms. The number of nitrogens with zero attached hydrogens (tertiary/aromatic N) is 3. The Hall–Kier alpha value is -0.580. The maximum Gasteiger partial charge on any atom is 0.225 e. The van der Waals surface area contributed by atoms with Gasteiger partial charge in [-0.15, -0.1) is 24.8 Å². The highest BCUT2D eigenvalue weighted by molar-refractivity contribution is 5.85. The van der Waals surface area contributed by atoms with Gasteiger partial charge in [0.25, 0.3) is 0 Å². The third-order valence-corrected chi connectivity index (χ3v) is 3.02. The second kappa shape index (κ2) is 9.36. The molecule has 18 heavy (non-hydrogen) atoms. The summed E-state index contributed by atoms with van der Waals surface area (Å²) in [4.78, 5) is 11.1. The molecule has 104 valence electrons. The smallest absolute Gasteiger partial charge is 0.225 e. The SMILES string of the molecule is CCCN(c1ncccn1)C1CCNCC1.Cl.Cl. The van der Waals surface area contributed by atoms with Gasteiger partial charge in [-0.05, 0) is 38.4 Å². The first kappa shape index (κ1) is 17.4. The quantitative estimate of drug-likeness (QED) is 0.925. The van der Waals surface area contributed by atoms with Gasteiger partial charge in [0.2, 0.25) is 5.95 Å². The van der Waals surface area contributed by atoms with Crippen molar-refractivity contribution in [2.45, 2.75) is 32.2 Å². The van der Waals surface area contributed by atoms with Gasteiger partial charge in [-0.1, -0.05) is 6.92 Å². The standard InChI is InChI=1S/C12H20N4.2ClH/c1-2-10-16(11-4-8-13-9-5-11)12-14-6-3-7-15-12;;/h3,6-7,11,13H,2,4-5,8-10H2,1H3;2*1H. The van der Waals surface area contributed by atoms with Crippen LogP contribution in [0.15, 0.2) is 18.5 Å². The monoisotopic (exact) mass is 292 g/mol. The lowest BCUT2D eigenvalue weighted by molar-refractivity contribution is 0.424. The fraction of sp³-hybridized carbons (Fsp3) is 0.667. The van der Waals surface area contributed by atoms with Crippen LogP contribution >= 0.6 is 24.8 Å². The van der Waals surface area contributed by atoms with Gasteiger partial charge in [-0.2, -0.15) is 0 Å². The summed E-state index contributed by atoms with van der Waals surface area (Å²) in [6.07, 6.45) is 7.18. The van der Waals surface area contributed by atoms with Gasteiger partial charge in [0.1, 0.15) is 0 Å². The number of anilines is 1. The predicted octanol–water partition coefficient (Wildman–Crippen LogP) is 2.29. The molecular formula is C12H22Cl2N4. The molecular weight excluding hydrogens is 271 g/mol. The number of halogens is 2. The number of hydrogen-bond acceptors (Lipinski definition) is 4. The van der Waals surface area contributed by atoms with Gasteiger partial charge < -0.3 is 10.2 Å². The molecule has 0 radical (unpaired) electrons. The number of aromatic nitrogens is 2. The van der Waals surface area contributed by atoms with E-state index in [0.717, 1.165) is 32.0 Å². The molecule has 0 atom stereocenters. The summed E-state index contributed by atoms with van der Waals surface area (Å²) < 4.78 is 0. The molecule has 2 heterocycles. The molecule has 0 amide bonds. The molecule has 1 aromatic rings. The third-order valence-electron chi connectivity index (χ3n) is 3.02. The van der Waals surface area contributed by atoms with Crippen molar-refractivity contribution in [1.82, 2.24) is 15.3 Å². The van der Waals surface area contributed by atoms with E-state index in [1.165, 1.54) is 12.8 Å². The summed E-state index contributed by atoms with van der Waals surface area (Å²) in [6, 6.07) is 2.47. The molecule has 1 saturated heterocycles. The van der Waals surface area contributed by atoms with Crippen LogP contribution in [0.2, 0.25) is 0 Å². The Morgan fingerprint density at radius 1 is 1.22 bits per heavy atom.